The zero-order chi connectivity index (χ0) is 36.3. The third kappa shape index (κ3) is 14.6. The smallest absolute Gasteiger partial charge is 0.251 e. The molecule has 0 radical (unpaired) electrons. The molecule has 18 heteroatoms. The molecule has 1 aromatic rings. The van der Waals surface area contributed by atoms with Gasteiger partial charge in [-0.3, -0.25) is 36.8 Å². The highest BCUT2D eigenvalue weighted by atomic mass is 127. The summed E-state index contributed by atoms with van der Waals surface area (Å²) in [5.74, 6) is -2.13. The molecule has 6 amide bonds. The Morgan fingerprint density at radius 1 is 0.918 bits per heavy atom. The Kier molecular flexibility index (Phi) is 19.9. The van der Waals surface area contributed by atoms with E-state index in [9.17, 15) is 28.8 Å². The number of hydrogen-bond acceptors (Lipinski definition) is 11. The fraction of sp³-hybridized carbons (Fsp3) is 0.613. The normalized spacial score (nSPS) is 16.9. The summed E-state index contributed by atoms with van der Waals surface area (Å²) in [4.78, 5) is 80.1. The number of amides is 6. The molecule has 0 bridgehead atoms. The van der Waals surface area contributed by atoms with Gasteiger partial charge in [-0.1, -0.05) is 30.3 Å². The summed E-state index contributed by atoms with van der Waals surface area (Å²) in [6, 6.07) is 4.66. The van der Waals surface area contributed by atoms with E-state index in [-0.39, 0.29) is 30.5 Å². The number of carbonyl (C=O) groups excluding carboxylic acids is 6. The van der Waals surface area contributed by atoms with Crippen LogP contribution in [0, 0.1) is 0 Å². The minimum absolute atomic E-state index is 0.0891. The van der Waals surface area contributed by atoms with Gasteiger partial charge in [0.1, 0.15) is 24.2 Å². The van der Waals surface area contributed by atoms with Gasteiger partial charge in [-0.05, 0) is 64.2 Å². The number of nitrogens with two attached hydrogens (primary N) is 3. The Bertz CT molecular complexity index is 1250. The van der Waals surface area contributed by atoms with Gasteiger partial charge in [0, 0.05) is 23.8 Å². The van der Waals surface area contributed by atoms with E-state index >= 15 is 0 Å². The highest BCUT2D eigenvalue weighted by Gasteiger charge is 2.34. The van der Waals surface area contributed by atoms with E-state index in [4.69, 9.17) is 17.2 Å². The molecule has 0 aliphatic carbocycles. The first-order chi connectivity index (χ1) is 23.4. The number of nitrogens with one attached hydrogen (secondary N) is 4. The number of likely N-dealkylation sites (N-methyl/N-ethyl adjacent to an activating group) is 1. The standard InChI is InChI=1S/C31H50IN9O6S2/c1-40-19-49-18-25(40)31(47)37-21(11-5-7-13-33)28(44)36-16-26(42)41(32)24(17-48)30(46)38-22(12-6-8-14-34)29(45)39-23(27(35)43)15-20-9-3-2-4-10-20/h2-4,9-10,21-25,48H,5-8,11-19,33-34H2,1H3,(H2,35,43)(H,36,44)(H,37,47)(H,38,46)(H,39,45)/t21-,22-,23-,24-,25-/m0/s1. The SMILES string of the molecule is CN1CSC[C@H]1C(=O)N[C@@H](CCCCN)C(=O)NCC(=O)N(I)[C@@H](CS)C(=O)N[C@@H](CCCCN)C(=O)N[C@@H](Cc1ccccc1)C(N)=O. The van der Waals surface area contributed by atoms with Crippen LogP contribution in [0.15, 0.2) is 30.3 Å². The molecule has 1 saturated heterocycles. The molecule has 0 unspecified atom stereocenters. The number of primary amides is 1. The van der Waals surface area contributed by atoms with Crippen LogP contribution in [0.1, 0.15) is 44.1 Å². The molecular formula is C31H50IN9O6S2. The van der Waals surface area contributed by atoms with Crippen LogP contribution in [-0.2, 0) is 35.2 Å². The summed E-state index contributed by atoms with van der Waals surface area (Å²) < 4.78 is 1.11. The Labute approximate surface area is 311 Å². The second kappa shape index (κ2) is 22.9. The summed E-state index contributed by atoms with van der Waals surface area (Å²) in [7, 11) is 1.84. The minimum atomic E-state index is -1.11. The maximum atomic E-state index is 13.4. The highest BCUT2D eigenvalue weighted by molar-refractivity contribution is 14.1. The van der Waals surface area contributed by atoms with Crippen LogP contribution in [0.2, 0.25) is 0 Å². The molecule has 10 N–H and O–H groups in total. The quantitative estimate of drug-likeness (QED) is 0.0308. The Morgan fingerprint density at radius 3 is 2.04 bits per heavy atom. The van der Waals surface area contributed by atoms with E-state index < -0.39 is 60.2 Å². The maximum absolute atomic E-state index is 13.4. The summed E-state index contributed by atoms with van der Waals surface area (Å²) in [5, 5.41) is 10.7. The number of benzene rings is 1. The third-order valence-corrected chi connectivity index (χ3v) is 10.6. The number of unbranched alkanes of at least 4 members (excludes halogenated alkanes) is 2. The van der Waals surface area contributed by atoms with Gasteiger partial charge < -0.3 is 38.5 Å². The number of nitrogens with zero attached hydrogens (tertiary/aromatic N) is 2. The van der Waals surface area contributed by atoms with Gasteiger partial charge in [-0.15, -0.1) is 11.8 Å². The van der Waals surface area contributed by atoms with E-state index in [1.54, 1.807) is 58.9 Å². The number of rotatable bonds is 22. The minimum Gasteiger partial charge on any atom is -0.368 e. The summed E-state index contributed by atoms with van der Waals surface area (Å²) in [5.41, 5.74) is 17.6. The van der Waals surface area contributed by atoms with Gasteiger partial charge in [0.2, 0.25) is 29.5 Å². The van der Waals surface area contributed by atoms with Gasteiger partial charge in [0.15, 0.2) is 0 Å². The summed E-state index contributed by atoms with van der Waals surface area (Å²) >= 11 is 7.58. The van der Waals surface area contributed by atoms with Crippen LogP contribution in [0.3, 0.4) is 0 Å². The van der Waals surface area contributed by atoms with Crippen LogP contribution >= 0.6 is 47.3 Å². The van der Waals surface area contributed by atoms with Crippen LogP contribution in [0.4, 0.5) is 0 Å². The van der Waals surface area contributed by atoms with Crippen molar-refractivity contribution in [2.24, 2.45) is 17.2 Å². The Morgan fingerprint density at radius 2 is 1.51 bits per heavy atom. The molecule has 15 nitrogen and oxygen atoms in total. The Balaban J connectivity index is 2.06. The van der Waals surface area contributed by atoms with Crippen molar-refractivity contribution in [2.45, 2.75) is 75.2 Å². The van der Waals surface area contributed by atoms with Crippen molar-refractivity contribution in [3.63, 3.8) is 0 Å². The Hall–Kier alpha value is -2.65. The molecule has 0 aromatic heterocycles. The first-order valence-corrected chi connectivity index (χ1v) is 19.0. The second-order valence-electron chi connectivity index (χ2n) is 11.7. The second-order valence-corrected chi connectivity index (χ2v) is 14.1. The lowest BCUT2D eigenvalue weighted by Gasteiger charge is -2.28. The largest absolute Gasteiger partial charge is 0.368 e. The molecule has 49 heavy (non-hydrogen) atoms. The predicted molar refractivity (Wildman–Crippen MR) is 201 cm³/mol. The van der Waals surface area contributed by atoms with Crippen molar-refractivity contribution in [1.29, 1.82) is 0 Å². The number of thioether (sulfide) groups is 1. The number of halogens is 1. The lowest BCUT2D eigenvalue weighted by atomic mass is 10.0. The van der Waals surface area contributed by atoms with E-state index in [1.165, 1.54) is 0 Å². The lowest BCUT2D eigenvalue weighted by molar-refractivity contribution is -0.136. The van der Waals surface area contributed by atoms with Crippen molar-refractivity contribution in [2.75, 3.05) is 44.1 Å². The van der Waals surface area contributed by atoms with Crippen LogP contribution in [-0.4, -0.2) is 118 Å². The van der Waals surface area contributed by atoms with Crippen LogP contribution in [0.5, 0.6) is 0 Å². The summed E-state index contributed by atoms with van der Waals surface area (Å²) in [6.07, 6.45) is 3.11. The first kappa shape index (κ1) is 42.5. The fourth-order valence-corrected chi connectivity index (χ4v) is 7.46. The van der Waals surface area contributed by atoms with E-state index in [1.807, 2.05) is 18.0 Å². The zero-order valence-corrected chi connectivity index (χ0v) is 31.6. The molecule has 1 fully saturated rings. The zero-order valence-electron chi connectivity index (χ0n) is 27.8. The van der Waals surface area contributed by atoms with Gasteiger partial charge in [0.25, 0.3) is 5.91 Å². The molecule has 0 saturated carbocycles. The average molecular weight is 836 g/mol. The first-order valence-electron chi connectivity index (χ1n) is 16.2. The van der Waals surface area contributed by atoms with E-state index in [0.717, 1.165) is 8.68 Å². The maximum Gasteiger partial charge on any atom is 0.251 e. The summed E-state index contributed by atoms with van der Waals surface area (Å²) in [6.45, 7) is 0.381. The van der Waals surface area contributed by atoms with Crippen molar-refractivity contribution in [3.8, 4) is 0 Å². The van der Waals surface area contributed by atoms with E-state index in [2.05, 4.69) is 33.9 Å². The van der Waals surface area contributed by atoms with Crippen molar-refractivity contribution in [1.82, 2.24) is 29.3 Å². The fourth-order valence-electron chi connectivity index (χ4n) is 5.00. The van der Waals surface area contributed by atoms with Gasteiger partial charge in [-0.2, -0.15) is 12.6 Å². The molecule has 1 aromatic carbocycles. The molecule has 5 atom stereocenters. The molecule has 1 aliphatic rings. The number of carbonyl (C=O) groups is 6. The topological polar surface area (TPSA) is 235 Å². The van der Waals surface area contributed by atoms with E-state index in [0.29, 0.717) is 56.8 Å². The van der Waals surface area contributed by atoms with Gasteiger partial charge >= 0.3 is 0 Å². The number of thiol groups is 1. The van der Waals surface area contributed by atoms with Gasteiger partial charge in [-0.25, -0.2) is 0 Å². The molecule has 1 heterocycles. The molecule has 2 rings (SSSR count). The molecule has 1 aliphatic heterocycles. The van der Waals surface area contributed by atoms with Crippen LogP contribution in [0.25, 0.3) is 0 Å². The van der Waals surface area contributed by atoms with Crippen LogP contribution < -0.4 is 38.5 Å². The number of hydrogen-bond donors (Lipinski definition) is 8. The predicted octanol–water partition coefficient (Wildman–Crippen LogP) is -0.975. The van der Waals surface area contributed by atoms with Gasteiger partial charge in [0.05, 0.1) is 35.5 Å². The average Bonchev–Trinajstić information content (AvgIpc) is 3.52. The third-order valence-electron chi connectivity index (χ3n) is 7.91. The molecular weight excluding hydrogens is 785 g/mol. The monoisotopic (exact) mass is 835 g/mol. The highest BCUT2D eigenvalue weighted by Crippen LogP contribution is 2.19. The van der Waals surface area contributed by atoms with Crippen molar-refractivity contribution in [3.05, 3.63) is 35.9 Å². The van der Waals surface area contributed by atoms with Crippen molar-refractivity contribution < 1.29 is 28.8 Å². The molecule has 0 spiro atoms. The molecule has 274 valence electrons. The van der Waals surface area contributed by atoms with Crippen molar-refractivity contribution >= 4 is 82.7 Å². The lowest BCUT2D eigenvalue weighted by Crippen LogP contribution is -2.57.